The van der Waals surface area contributed by atoms with Gasteiger partial charge in [0.25, 0.3) is 0 Å². The minimum absolute atomic E-state index is 0.00462. The van der Waals surface area contributed by atoms with Crippen LogP contribution in [0, 0.1) is 28.6 Å². The first kappa shape index (κ1) is 18.3. The Morgan fingerprint density at radius 1 is 1.08 bits per heavy atom. The summed E-state index contributed by atoms with van der Waals surface area (Å²) in [5.74, 6) is 2.18. The van der Waals surface area contributed by atoms with Gasteiger partial charge < -0.3 is 4.74 Å². The predicted molar refractivity (Wildman–Crippen MR) is 101 cm³/mol. The molecule has 3 nitrogen and oxygen atoms in total. The van der Waals surface area contributed by atoms with Gasteiger partial charge in [0.05, 0.1) is 0 Å². The van der Waals surface area contributed by atoms with Crippen molar-refractivity contribution < 1.29 is 14.3 Å². The lowest BCUT2D eigenvalue weighted by Gasteiger charge is -2.53. The van der Waals surface area contributed by atoms with Crippen molar-refractivity contribution in [3.05, 3.63) is 11.6 Å². The maximum absolute atomic E-state index is 12.0. The molecule has 0 amide bonds. The van der Waals surface area contributed by atoms with E-state index in [2.05, 4.69) is 27.7 Å². The average molecular weight is 359 g/mol. The number of hydrogen-bond acceptors (Lipinski definition) is 3. The Bertz CT molecular complexity index is 664. The summed E-state index contributed by atoms with van der Waals surface area (Å²) in [7, 11) is 0. The third-order valence-corrected chi connectivity index (χ3v) is 9.37. The Morgan fingerprint density at radius 3 is 2.50 bits per heavy atom. The minimum atomic E-state index is -0.219. The minimum Gasteiger partial charge on any atom is -0.458 e. The number of allylic oxidation sites excluding steroid dienone is 2. The lowest BCUT2D eigenvalue weighted by molar-refractivity contribution is -0.161. The summed E-state index contributed by atoms with van der Waals surface area (Å²) in [4.78, 5) is 23.9. The maximum Gasteiger partial charge on any atom is 0.306 e. The van der Waals surface area contributed by atoms with Gasteiger partial charge in [-0.15, -0.1) is 0 Å². The lowest BCUT2D eigenvalue weighted by atomic mass is 9.51. The number of hydrogen-bond donors (Lipinski definition) is 0. The highest BCUT2D eigenvalue weighted by Crippen LogP contribution is 2.65. The fourth-order valence-corrected chi connectivity index (χ4v) is 7.25. The molecule has 1 spiro atoms. The van der Waals surface area contributed by atoms with Crippen molar-refractivity contribution >= 4 is 11.8 Å². The van der Waals surface area contributed by atoms with Crippen LogP contribution in [0.3, 0.4) is 0 Å². The molecule has 0 bridgehead atoms. The van der Waals surface area contributed by atoms with E-state index in [0.29, 0.717) is 36.4 Å². The number of fused-ring (bicyclic) bond motifs is 1. The maximum atomic E-state index is 12.0. The normalized spacial score (nSPS) is 48.5. The second-order valence-corrected chi connectivity index (χ2v) is 9.93. The van der Waals surface area contributed by atoms with Gasteiger partial charge in [-0.2, -0.15) is 0 Å². The molecule has 144 valence electrons. The summed E-state index contributed by atoms with van der Waals surface area (Å²) in [6, 6.07) is 0. The second kappa shape index (κ2) is 5.94. The number of ketones is 1. The molecule has 6 atom stereocenters. The van der Waals surface area contributed by atoms with Gasteiger partial charge in [0, 0.05) is 18.3 Å². The number of rotatable bonds is 2. The molecule has 3 heteroatoms. The summed E-state index contributed by atoms with van der Waals surface area (Å²) < 4.78 is 6.02. The number of carbonyl (C=O) groups is 2. The molecule has 3 aliphatic carbocycles. The van der Waals surface area contributed by atoms with Crippen LogP contribution in [0.1, 0.15) is 85.5 Å². The van der Waals surface area contributed by atoms with Gasteiger partial charge in [-0.3, -0.25) is 9.59 Å². The van der Waals surface area contributed by atoms with Crippen molar-refractivity contribution in [1.82, 2.24) is 0 Å². The van der Waals surface area contributed by atoms with E-state index in [-0.39, 0.29) is 22.4 Å². The van der Waals surface area contributed by atoms with E-state index in [1.54, 1.807) is 0 Å². The zero-order valence-corrected chi connectivity index (χ0v) is 16.9. The molecule has 0 radical (unpaired) electrons. The van der Waals surface area contributed by atoms with Crippen LogP contribution < -0.4 is 0 Å². The molecule has 1 saturated heterocycles. The van der Waals surface area contributed by atoms with Crippen molar-refractivity contribution in [3.8, 4) is 0 Å². The van der Waals surface area contributed by atoms with E-state index in [1.807, 2.05) is 6.08 Å². The average Bonchev–Trinajstić information content (AvgIpc) is 3.13. The van der Waals surface area contributed by atoms with Gasteiger partial charge in [-0.25, -0.2) is 0 Å². The van der Waals surface area contributed by atoms with Gasteiger partial charge in [0.1, 0.15) is 5.60 Å². The highest BCUT2D eigenvalue weighted by Gasteiger charge is 2.63. The first-order chi connectivity index (χ1) is 12.3. The summed E-state index contributed by atoms with van der Waals surface area (Å²) in [5.41, 5.74) is 1.44. The van der Waals surface area contributed by atoms with Crippen molar-refractivity contribution in [3.63, 3.8) is 0 Å². The first-order valence-corrected chi connectivity index (χ1v) is 10.7. The summed E-state index contributed by atoms with van der Waals surface area (Å²) in [6.07, 6.45) is 10.7. The molecule has 1 aliphatic heterocycles. The molecule has 3 fully saturated rings. The van der Waals surface area contributed by atoms with Gasteiger partial charge >= 0.3 is 5.97 Å². The summed E-state index contributed by atoms with van der Waals surface area (Å²) in [5, 5.41) is 0. The topological polar surface area (TPSA) is 43.4 Å². The van der Waals surface area contributed by atoms with Crippen LogP contribution in [0.5, 0.6) is 0 Å². The van der Waals surface area contributed by atoms with Gasteiger partial charge in [-0.05, 0) is 74.2 Å². The van der Waals surface area contributed by atoms with Crippen molar-refractivity contribution in [1.29, 1.82) is 0 Å². The smallest absolute Gasteiger partial charge is 0.306 e. The van der Waals surface area contributed by atoms with E-state index < -0.39 is 0 Å². The Morgan fingerprint density at radius 2 is 1.85 bits per heavy atom. The van der Waals surface area contributed by atoms with Crippen LogP contribution >= 0.6 is 0 Å². The number of esters is 1. The SMILES string of the molecule is CCC1(C)C(C2CCC3=CC(=O)CCC3(C)C2C)CC[C@@]12CCC(=O)O2. The standard InChI is InChI=1S/C23H34O3/c1-5-22(4)19(9-12-23(22)13-10-20(25)26-23)18-7-6-16-14-17(24)8-11-21(16,3)15(18)2/h14-15,18-19H,5-13H2,1-4H3/t15?,18?,19?,21?,22?,23-/m1/s1. The molecule has 1 heterocycles. The molecule has 5 unspecified atom stereocenters. The number of ether oxygens (including phenoxy) is 1. The second-order valence-electron chi connectivity index (χ2n) is 9.93. The van der Waals surface area contributed by atoms with Gasteiger partial charge in [0.15, 0.2) is 5.78 Å². The van der Waals surface area contributed by atoms with Crippen LogP contribution in [-0.2, 0) is 14.3 Å². The predicted octanol–water partition coefficient (Wildman–Crippen LogP) is 5.23. The molecule has 26 heavy (non-hydrogen) atoms. The van der Waals surface area contributed by atoms with Crippen molar-refractivity contribution in [2.45, 2.75) is 91.1 Å². The molecule has 0 aromatic heterocycles. The Labute approximate surface area is 157 Å². The molecule has 0 aromatic rings. The van der Waals surface area contributed by atoms with Crippen molar-refractivity contribution in [2.24, 2.45) is 28.6 Å². The molecular weight excluding hydrogens is 324 g/mol. The van der Waals surface area contributed by atoms with Crippen LogP contribution in [0.15, 0.2) is 11.6 Å². The first-order valence-electron chi connectivity index (χ1n) is 10.7. The quantitative estimate of drug-likeness (QED) is 0.635. The Hall–Kier alpha value is -1.12. The van der Waals surface area contributed by atoms with E-state index in [0.717, 1.165) is 32.1 Å². The molecule has 0 N–H and O–H groups in total. The lowest BCUT2D eigenvalue weighted by Crippen LogP contribution is -2.50. The third-order valence-electron chi connectivity index (χ3n) is 9.37. The fourth-order valence-electron chi connectivity index (χ4n) is 7.25. The molecule has 4 aliphatic rings. The van der Waals surface area contributed by atoms with E-state index in [4.69, 9.17) is 4.74 Å². The highest BCUT2D eigenvalue weighted by molar-refractivity contribution is 5.91. The van der Waals surface area contributed by atoms with E-state index in [9.17, 15) is 9.59 Å². The molecule has 2 saturated carbocycles. The van der Waals surface area contributed by atoms with E-state index in [1.165, 1.54) is 18.4 Å². The Balaban J connectivity index is 1.65. The third kappa shape index (κ3) is 2.31. The van der Waals surface area contributed by atoms with Gasteiger partial charge in [0.2, 0.25) is 0 Å². The Kier molecular flexibility index (Phi) is 4.17. The molecular formula is C23H34O3. The fraction of sp³-hybridized carbons (Fsp3) is 0.826. The summed E-state index contributed by atoms with van der Waals surface area (Å²) in [6.45, 7) is 9.50. The largest absolute Gasteiger partial charge is 0.458 e. The van der Waals surface area contributed by atoms with Crippen molar-refractivity contribution in [2.75, 3.05) is 0 Å². The van der Waals surface area contributed by atoms with E-state index >= 15 is 0 Å². The molecule has 4 rings (SSSR count). The molecule has 0 aromatic carbocycles. The zero-order chi connectivity index (χ0) is 18.7. The van der Waals surface area contributed by atoms with Crippen LogP contribution in [0.4, 0.5) is 0 Å². The van der Waals surface area contributed by atoms with Crippen LogP contribution in [-0.4, -0.2) is 17.4 Å². The number of carbonyl (C=O) groups excluding carboxylic acids is 2. The van der Waals surface area contributed by atoms with Gasteiger partial charge in [-0.1, -0.05) is 33.3 Å². The highest BCUT2D eigenvalue weighted by atomic mass is 16.6. The summed E-state index contributed by atoms with van der Waals surface area (Å²) >= 11 is 0. The monoisotopic (exact) mass is 358 g/mol. The zero-order valence-electron chi connectivity index (χ0n) is 16.9. The van der Waals surface area contributed by atoms with Crippen LogP contribution in [0.2, 0.25) is 0 Å². The van der Waals surface area contributed by atoms with Crippen LogP contribution in [0.25, 0.3) is 0 Å².